The Bertz CT molecular complexity index is 586. The maximum Gasteiger partial charge on any atom is 0.248 e. The molecule has 0 aromatic heterocycles. The maximum absolute atomic E-state index is 11.0. The molecule has 0 aliphatic heterocycles. The molecule has 3 nitrogen and oxygen atoms in total. The number of nitrogens with two attached hydrogens (primary N) is 1. The summed E-state index contributed by atoms with van der Waals surface area (Å²) in [5, 5.41) is 3.40. The van der Waals surface area contributed by atoms with Crippen LogP contribution in [0.25, 0.3) is 0 Å². The summed E-state index contributed by atoms with van der Waals surface area (Å²) in [5.41, 5.74) is 9.53. The molecule has 0 saturated carbocycles. The number of rotatable bonds is 6. The highest BCUT2D eigenvalue weighted by Crippen LogP contribution is 2.14. The Labute approximate surface area is 126 Å². The van der Waals surface area contributed by atoms with E-state index in [2.05, 4.69) is 43.4 Å². The van der Waals surface area contributed by atoms with Gasteiger partial charge in [-0.05, 0) is 34.7 Å². The molecular formula is C18H22N2O. The molecule has 2 aromatic rings. The highest BCUT2D eigenvalue weighted by molar-refractivity contribution is 5.92. The van der Waals surface area contributed by atoms with Crippen LogP contribution in [0.1, 0.15) is 46.8 Å². The van der Waals surface area contributed by atoms with Gasteiger partial charge in [-0.1, -0.05) is 50.2 Å². The summed E-state index contributed by atoms with van der Waals surface area (Å²) in [4.78, 5) is 11.0. The molecule has 3 heteroatoms. The average Bonchev–Trinajstić information content (AvgIpc) is 2.48. The van der Waals surface area contributed by atoms with Crippen molar-refractivity contribution in [1.82, 2.24) is 5.32 Å². The van der Waals surface area contributed by atoms with Crippen molar-refractivity contribution in [1.29, 1.82) is 0 Å². The lowest BCUT2D eigenvalue weighted by Gasteiger charge is -2.08. The van der Waals surface area contributed by atoms with Gasteiger partial charge < -0.3 is 11.1 Å². The molecular weight excluding hydrogens is 260 g/mol. The Hall–Kier alpha value is -2.13. The van der Waals surface area contributed by atoms with Gasteiger partial charge in [-0.3, -0.25) is 4.79 Å². The van der Waals surface area contributed by atoms with Crippen LogP contribution in [0.15, 0.2) is 48.5 Å². The van der Waals surface area contributed by atoms with Crippen molar-refractivity contribution < 1.29 is 4.79 Å². The monoisotopic (exact) mass is 282 g/mol. The molecule has 0 saturated heterocycles. The molecule has 0 atom stereocenters. The predicted molar refractivity (Wildman–Crippen MR) is 86.0 cm³/mol. The Morgan fingerprint density at radius 3 is 1.86 bits per heavy atom. The van der Waals surface area contributed by atoms with Crippen LogP contribution < -0.4 is 11.1 Å². The summed E-state index contributed by atoms with van der Waals surface area (Å²) in [7, 11) is 0. The third kappa shape index (κ3) is 4.43. The Morgan fingerprint density at radius 1 is 0.952 bits per heavy atom. The van der Waals surface area contributed by atoms with E-state index in [0.717, 1.165) is 18.7 Å². The highest BCUT2D eigenvalue weighted by Gasteiger charge is 2.01. The molecule has 21 heavy (non-hydrogen) atoms. The first kappa shape index (κ1) is 15.3. The SMILES string of the molecule is CC(C)c1ccc(CNCc2ccc(C(N)=O)cc2)cc1. The summed E-state index contributed by atoms with van der Waals surface area (Å²) in [6, 6.07) is 16.1. The first-order chi connectivity index (χ1) is 10.1. The van der Waals surface area contributed by atoms with Gasteiger partial charge >= 0.3 is 0 Å². The van der Waals surface area contributed by atoms with E-state index in [0.29, 0.717) is 11.5 Å². The molecule has 2 aromatic carbocycles. The van der Waals surface area contributed by atoms with Gasteiger partial charge in [-0.2, -0.15) is 0 Å². The number of nitrogens with one attached hydrogen (secondary N) is 1. The highest BCUT2D eigenvalue weighted by atomic mass is 16.1. The Kier molecular flexibility index (Phi) is 5.12. The van der Waals surface area contributed by atoms with E-state index in [1.165, 1.54) is 11.1 Å². The summed E-state index contributed by atoms with van der Waals surface area (Å²) in [6.07, 6.45) is 0. The van der Waals surface area contributed by atoms with Gasteiger partial charge in [0.25, 0.3) is 0 Å². The smallest absolute Gasteiger partial charge is 0.248 e. The van der Waals surface area contributed by atoms with E-state index in [1.807, 2.05) is 12.1 Å². The number of benzene rings is 2. The van der Waals surface area contributed by atoms with E-state index in [1.54, 1.807) is 12.1 Å². The zero-order valence-corrected chi connectivity index (χ0v) is 12.6. The quantitative estimate of drug-likeness (QED) is 0.855. The van der Waals surface area contributed by atoms with Crippen molar-refractivity contribution in [3.63, 3.8) is 0 Å². The number of carbonyl (C=O) groups is 1. The molecule has 0 fully saturated rings. The van der Waals surface area contributed by atoms with Crippen LogP contribution in [0, 0.1) is 0 Å². The first-order valence-corrected chi connectivity index (χ1v) is 7.24. The third-order valence-electron chi connectivity index (χ3n) is 3.54. The van der Waals surface area contributed by atoms with E-state index in [4.69, 9.17) is 5.73 Å². The molecule has 0 aliphatic rings. The van der Waals surface area contributed by atoms with Crippen LogP contribution in [-0.2, 0) is 13.1 Å². The third-order valence-corrected chi connectivity index (χ3v) is 3.54. The Balaban J connectivity index is 1.85. The minimum absolute atomic E-state index is 0.389. The van der Waals surface area contributed by atoms with Gasteiger partial charge in [-0.25, -0.2) is 0 Å². The predicted octanol–water partition coefficient (Wildman–Crippen LogP) is 3.20. The molecule has 3 N–H and O–H groups in total. The van der Waals surface area contributed by atoms with Crippen LogP contribution in [0.3, 0.4) is 0 Å². The molecule has 0 spiro atoms. The Morgan fingerprint density at radius 2 is 1.43 bits per heavy atom. The van der Waals surface area contributed by atoms with Gasteiger partial charge in [0.05, 0.1) is 0 Å². The molecule has 2 rings (SSSR count). The topological polar surface area (TPSA) is 55.1 Å². The van der Waals surface area contributed by atoms with Crippen molar-refractivity contribution >= 4 is 5.91 Å². The largest absolute Gasteiger partial charge is 0.366 e. The van der Waals surface area contributed by atoms with Gasteiger partial charge in [0.15, 0.2) is 0 Å². The van der Waals surface area contributed by atoms with Crippen LogP contribution in [0.4, 0.5) is 0 Å². The van der Waals surface area contributed by atoms with E-state index >= 15 is 0 Å². The summed E-state index contributed by atoms with van der Waals surface area (Å²) >= 11 is 0. The number of amides is 1. The van der Waals surface area contributed by atoms with E-state index < -0.39 is 0 Å². The fraction of sp³-hybridized carbons (Fsp3) is 0.278. The van der Waals surface area contributed by atoms with Crippen molar-refractivity contribution in [2.75, 3.05) is 0 Å². The second kappa shape index (κ2) is 7.04. The second-order valence-electron chi connectivity index (χ2n) is 5.56. The van der Waals surface area contributed by atoms with Gasteiger partial charge in [0, 0.05) is 18.7 Å². The second-order valence-corrected chi connectivity index (χ2v) is 5.56. The van der Waals surface area contributed by atoms with Crippen molar-refractivity contribution in [3.05, 3.63) is 70.8 Å². The van der Waals surface area contributed by atoms with E-state index in [-0.39, 0.29) is 5.91 Å². The lowest BCUT2D eigenvalue weighted by atomic mass is 10.0. The standard InChI is InChI=1S/C18H22N2O/c1-13(2)16-7-3-14(4-8-16)11-20-12-15-5-9-17(10-6-15)18(19)21/h3-10,13,20H,11-12H2,1-2H3,(H2,19,21). The molecule has 110 valence electrons. The summed E-state index contributed by atoms with van der Waals surface area (Å²) in [5.74, 6) is 0.176. The number of hydrogen-bond donors (Lipinski definition) is 2. The number of primary amides is 1. The molecule has 0 heterocycles. The van der Waals surface area contributed by atoms with E-state index in [9.17, 15) is 4.79 Å². The van der Waals surface area contributed by atoms with Crippen molar-refractivity contribution in [2.24, 2.45) is 5.73 Å². The minimum atomic E-state index is -0.389. The molecule has 0 aliphatic carbocycles. The first-order valence-electron chi connectivity index (χ1n) is 7.24. The zero-order chi connectivity index (χ0) is 15.2. The van der Waals surface area contributed by atoms with Crippen LogP contribution in [0.5, 0.6) is 0 Å². The molecule has 0 bridgehead atoms. The van der Waals surface area contributed by atoms with Gasteiger partial charge in [0.2, 0.25) is 5.91 Å². The van der Waals surface area contributed by atoms with Crippen LogP contribution in [-0.4, -0.2) is 5.91 Å². The average molecular weight is 282 g/mol. The summed E-state index contributed by atoms with van der Waals surface area (Å²) in [6.45, 7) is 5.99. The van der Waals surface area contributed by atoms with Gasteiger partial charge in [0.1, 0.15) is 0 Å². The normalized spacial score (nSPS) is 10.8. The molecule has 0 radical (unpaired) electrons. The zero-order valence-electron chi connectivity index (χ0n) is 12.6. The van der Waals surface area contributed by atoms with Crippen molar-refractivity contribution in [2.45, 2.75) is 32.9 Å². The van der Waals surface area contributed by atoms with Gasteiger partial charge in [-0.15, -0.1) is 0 Å². The maximum atomic E-state index is 11.0. The number of carbonyl (C=O) groups excluding carboxylic acids is 1. The summed E-state index contributed by atoms with van der Waals surface area (Å²) < 4.78 is 0. The van der Waals surface area contributed by atoms with Crippen LogP contribution >= 0.6 is 0 Å². The lowest BCUT2D eigenvalue weighted by molar-refractivity contribution is 0.100. The fourth-order valence-corrected chi connectivity index (χ4v) is 2.16. The minimum Gasteiger partial charge on any atom is -0.366 e. The van der Waals surface area contributed by atoms with Crippen molar-refractivity contribution in [3.8, 4) is 0 Å². The fourth-order valence-electron chi connectivity index (χ4n) is 2.16. The van der Waals surface area contributed by atoms with Crippen LogP contribution in [0.2, 0.25) is 0 Å². The lowest BCUT2D eigenvalue weighted by Crippen LogP contribution is -2.14. The molecule has 1 amide bonds. The number of hydrogen-bond acceptors (Lipinski definition) is 2. The molecule has 0 unspecified atom stereocenters.